The number of fused-ring (bicyclic) bond motifs is 5. The van der Waals surface area contributed by atoms with Gasteiger partial charge in [0.05, 0.1) is 12.0 Å². The van der Waals surface area contributed by atoms with Gasteiger partial charge >= 0.3 is 0 Å². The fraction of sp³-hybridized carbons (Fsp3) is 0.742. The molecule has 3 saturated carbocycles. The molecule has 5 aliphatic carbocycles. The van der Waals surface area contributed by atoms with E-state index in [1.54, 1.807) is 6.20 Å². The standard InChI is InChI=1S/C31H42N2O5/c1-17-15-30-18(2)13-22-23(28(22,3)4)21(24(30)34)14-19-16-36-29(5,6)38-26(19)31(30,35)25(17)37-27-32-11-12-33(27)20-9-7-8-10-20/h11-12,14-15,18,20-23,25-26,35H,7-10,13,16H2,1-6H3/t18-,21+,22-,23+,25+,26-,30+,31-/m1/s1. The predicted molar refractivity (Wildman–Crippen MR) is 141 cm³/mol. The van der Waals surface area contributed by atoms with Crippen LogP contribution in [0.5, 0.6) is 6.01 Å². The van der Waals surface area contributed by atoms with Crippen molar-refractivity contribution < 1.29 is 24.1 Å². The normalized spacial score (nSPS) is 44.8. The number of carbonyl (C=O) groups excluding carboxylic acids is 1. The summed E-state index contributed by atoms with van der Waals surface area (Å²) in [6, 6.07) is 0.859. The smallest absolute Gasteiger partial charge is 0.297 e. The van der Waals surface area contributed by atoms with Crippen molar-refractivity contribution in [3.05, 3.63) is 35.7 Å². The van der Waals surface area contributed by atoms with Crippen LogP contribution in [0.15, 0.2) is 35.7 Å². The zero-order chi connectivity index (χ0) is 26.8. The van der Waals surface area contributed by atoms with Crippen LogP contribution >= 0.6 is 0 Å². The Kier molecular flexibility index (Phi) is 5.15. The minimum absolute atomic E-state index is 0.0697. The lowest BCUT2D eigenvalue weighted by atomic mass is 9.59. The largest absolute Gasteiger partial charge is 0.454 e. The Morgan fingerprint density at radius 1 is 1.18 bits per heavy atom. The second-order valence-electron chi connectivity index (χ2n) is 14.0. The summed E-state index contributed by atoms with van der Waals surface area (Å²) >= 11 is 0. The molecule has 0 unspecified atom stereocenters. The zero-order valence-electron chi connectivity index (χ0n) is 23.6. The Hall–Kier alpha value is -1.96. The highest BCUT2D eigenvalue weighted by Crippen LogP contribution is 2.72. The van der Waals surface area contributed by atoms with E-state index in [4.69, 9.17) is 14.2 Å². The highest BCUT2D eigenvalue weighted by molar-refractivity contribution is 5.95. The molecule has 7 nitrogen and oxygen atoms in total. The van der Waals surface area contributed by atoms with Crippen LogP contribution in [0.25, 0.3) is 0 Å². The second kappa shape index (κ2) is 7.82. The van der Waals surface area contributed by atoms with Crippen LogP contribution in [0.4, 0.5) is 0 Å². The quantitative estimate of drug-likeness (QED) is 0.562. The molecule has 2 heterocycles. The third-order valence-corrected chi connectivity index (χ3v) is 11.2. The Bertz CT molecular complexity index is 1240. The topological polar surface area (TPSA) is 82.8 Å². The second-order valence-corrected chi connectivity index (χ2v) is 14.0. The molecule has 2 bridgehead atoms. The molecular weight excluding hydrogens is 480 g/mol. The monoisotopic (exact) mass is 522 g/mol. The van der Waals surface area contributed by atoms with Crippen LogP contribution in [0.1, 0.15) is 79.7 Å². The first-order valence-corrected chi connectivity index (χ1v) is 14.6. The zero-order valence-corrected chi connectivity index (χ0v) is 23.6. The van der Waals surface area contributed by atoms with Gasteiger partial charge in [-0.2, -0.15) is 0 Å². The highest BCUT2D eigenvalue weighted by atomic mass is 16.7. The van der Waals surface area contributed by atoms with Crippen LogP contribution in [0.3, 0.4) is 0 Å². The molecule has 1 saturated heterocycles. The van der Waals surface area contributed by atoms with E-state index < -0.39 is 29.0 Å². The lowest BCUT2D eigenvalue weighted by Gasteiger charge is -2.52. The summed E-state index contributed by atoms with van der Waals surface area (Å²) in [6.45, 7) is 12.8. The average Bonchev–Trinajstić information content (AvgIpc) is 3.34. The number of aliphatic hydroxyl groups is 1. The van der Waals surface area contributed by atoms with E-state index in [9.17, 15) is 9.90 Å². The van der Waals surface area contributed by atoms with Gasteiger partial charge in [-0.05, 0) is 74.3 Å². The molecule has 7 heteroatoms. The van der Waals surface area contributed by atoms with Gasteiger partial charge in [0.25, 0.3) is 6.01 Å². The molecule has 1 aliphatic heterocycles. The predicted octanol–water partition coefficient (Wildman–Crippen LogP) is 5.01. The van der Waals surface area contributed by atoms with Crippen molar-refractivity contribution in [1.29, 1.82) is 0 Å². The number of Topliss-reactive ketones (excluding diaryl/α,β-unsaturated/α-hetero) is 1. The molecule has 7 rings (SSSR count). The van der Waals surface area contributed by atoms with Crippen molar-refractivity contribution in [3.63, 3.8) is 0 Å². The lowest BCUT2D eigenvalue weighted by molar-refractivity contribution is -0.301. The summed E-state index contributed by atoms with van der Waals surface area (Å²) in [6.07, 6.45) is 11.9. The van der Waals surface area contributed by atoms with Crippen molar-refractivity contribution in [1.82, 2.24) is 9.55 Å². The van der Waals surface area contributed by atoms with Gasteiger partial charge in [0, 0.05) is 24.4 Å². The van der Waals surface area contributed by atoms with E-state index in [1.165, 1.54) is 12.8 Å². The first-order valence-electron chi connectivity index (χ1n) is 14.6. The molecule has 1 aromatic rings. The van der Waals surface area contributed by atoms with Crippen molar-refractivity contribution in [2.75, 3.05) is 6.61 Å². The molecule has 0 amide bonds. The van der Waals surface area contributed by atoms with Crippen molar-refractivity contribution in [2.24, 2.45) is 34.5 Å². The number of rotatable bonds is 3. The number of nitrogens with zero attached hydrogens (tertiary/aromatic N) is 2. The number of hydrogen-bond acceptors (Lipinski definition) is 6. The highest BCUT2D eigenvalue weighted by Gasteiger charge is 2.77. The number of allylic oxidation sites excluding steroid dienone is 1. The van der Waals surface area contributed by atoms with E-state index >= 15 is 0 Å². The summed E-state index contributed by atoms with van der Waals surface area (Å²) in [5.74, 6) is -0.427. The summed E-state index contributed by atoms with van der Waals surface area (Å²) in [7, 11) is 0. The van der Waals surface area contributed by atoms with Crippen LogP contribution < -0.4 is 4.74 Å². The third-order valence-electron chi connectivity index (χ3n) is 11.2. The van der Waals surface area contributed by atoms with Crippen LogP contribution in [-0.2, 0) is 14.3 Å². The van der Waals surface area contributed by atoms with E-state index in [1.807, 2.05) is 27.0 Å². The molecule has 0 aromatic carbocycles. The maximum Gasteiger partial charge on any atom is 0.297 e. The van der Waals surface area contributed by atoms with Crippen molar-refractivity contribution >= 4 is 5.78 Å². The van der Waals surface area contributed by atoms with Gasteiger partial charge in [-0.1, -0.05) is 45.8 Å². The molecule has 1 aromatic heterocycles. The summed E-state index contributed by atoms with van der Waals surface area (Å²) in [5, 5.41) is 13.2. The minimum atomic E-state index is -1.62. The van der Waals surface area contributed by atoms with E-state index in [0.29, 0.717) is 24.6 Å². The van der Waals surface area contributed by atoms with E-state index in [2.05, 4.69) is 42.5 Å². The Morgan fingerprint density at radius 3 is 2.66 bits per heavy atom. The minimum Gasteiger partial charge on any atom is -0.454 e. The number of ether oxygens (including phenoxy) is 3. The maximum atomic E-state index is 14.8. The van der Waals surface area contributed by atoms with Crippen LogP contribution in [-0.4, -0.2) is 50.6 Å². The van der Waals surface area contributed by atoms with Gasteiger partial charge < -0.3 is 19.3 Å². The molecule has 8 atom stereocenters. The fourth-order valence-electron chi connectivity index (χ4n) is 9.26. The van der Waals surface area contributed by atoms with Gasteiger partial charge in [0.2, 0.25) is 0 Å². The molecule has 1 N–H and O–H groups in total. The van der Waals surface area contributed by atoms with Gasteiger partial charge in [-0.15, -0.1) is 0 Å². The number of ketones is 1. The number of hydrogen-bond donors (Lipinski definition) is 1. The summed E-state index contributed by atoms with van der Waals surface area (Å²) < 4.78 is 21.6. The first-order chi connectivity index (χ1) is 17.9. The lowest BCUT2D eigenvalue weighted by Crippen LogP contribution is -2.68. The number of aromatic nitrogens is 2. The number of carbonyl (C=O) groups is 1. The molecular formula is C31H42N2O5. The van der Waals surface area contributed by atoms with Gasteiger partial charge in [-0.25, -0.2) is 4.98 Å². The Labute approximate surface area is 225 Å². The first kappa shape index (κ1) is 25.0. The fourth-order valence-corrected chi connectivity index (χ4v) is 9.26. The van der Waals surface area contributed by atoms with Crippen LogP contribution in [0, 0.1) is 34.5 Å². The molecule has 6 aliphatic rings. The Balaban J connectivity index is 1.38. The third kappa shape index (κ3) is 3.07. The van der Waals surface area contributed by atoms with Gasteiger partial charge in [0.1, 0.15) is 6.10 Å². The molecule has 4 fully saturated rings. The number of imidazole rings is 1. The molecule has 38 heavy (non-hydrogen) atoms. The average molecular weight is 523 g/mol. The molecule has 1 spiro atoms. The summed E-state index contributed by atoms with van der Waals surface area (Å²) in [4.78, 5) is 19.4. The van der Waals surface area contributed by atoms with E-state index in [0.717, 1.165) is 30.4 Å². The maximum absolute atomic E-state index is 14.8. The van der Waals surface area contributed by atoms with Crippen molar-refractivity contribution in [3.8, 4) is 6.01 Å². The van der Waals surface area contributed by atoms with Crippen LogP contribution in [0.2, 0.25) is 0 Å². The van der Waals surface area contributed by atoms with Crippen molar-refractivity contribution in [2.45, 2.75) is 103 Å². The van der Waals surface area contributed by atoms with Gasteiger partial charge in [0.15, 0.2) is 23.3 Å². The Morgan fingerprint density at radius 2 is 1.92 bits per heavy atom. The SMILES string of the molecule is CC1=C[C@]23C(=O)[C@@H](C=C4COC(C)(C)O[C@H]4[C@]2(O)[C@H]1Oc1nccn1C1CCCC1)[C@H]1[C@@H](C[C@H]3C)C1(C)C. The molecule has 206 valence electrons. The van der Waals surface area contributed by atoms with Gasteiger partial charge in [-0.3, -0.25) is 9.36 Å². The molecule has 0 radical (unpaired) electrons. The van der Waals surface area contributed by atoms with E-state index in [-0.39, 0.29) is 29.0 Å². The summed E-state index contributed by atoms with van der Waals surface area (Å²) in [5.41, 5.74) is -0.908.